The van der Waals surface area contributed by atoms with E-state index in [1.165, 1.54) is 24.5 Å². The lowest BCUT2D eigenvalue weighted by Gasteiger charge is -2.34. The largest absolute Gasteiger partial charge is 0.345 e. The average Bonchev–Trinajstić information content (AvgIpc) is 3.05. The molecule has 1 aliphatic carbocycles. The van der Waals surface area contributed by atoms with E-state index >= 15 is 0 Å². The smallest absolute Gasteiger partial charge is 0.270 e. The molecular formula is C25H35F2N3O3S. The second-order valence-corrected chi connectivity index (χ2v) is 12.2. The number of amides is 1. The number of nitrogens with one attached hydrogen (secondary N) is 2. The van der Waals surface area contributed by atoms with Crippen LogP contribution in [0.15, 0.2) is 30.3 Å². The normalized spacial score (nSPS) is 19.8. The number of hydrogen-bond donors (Lipinski definition) is 2. The number of alkyl halides is 2. The zero-order valence-corrected chi connectivity index (χ0v) is 21.5. The third-order valence-electron chi connectivity index (χ3n) is 6.37. The van der Waals surface area contributed by atoms with Crippen LogP contribution in [0.4, 0.5) is 14.5 Å². The fraction of sp³-hybridized carbons (Fsp3) is 0.560. The van der Waals surface area contributed by atoms with Gasteiger partial charge in [-0.15, -0.1) is 0 Å². The SMILES string of the molecule is Cc1c(C(=O)Nc2cccc(C(C)(F)F)c2)cc(C(C)(C)C)n1C1CCC(NS(C)(=O)=O)CC1. The molecule has 3 rings (SSSR count). The van der Waals surface area contributed by atoms with Crippen LogP contribution in [0.25, 0.3) is 0 Å². The second-order valence-electron chi connectivity index (χ2n) is 10.5. The predicted octanol–water partition coefficient (Wildman–Crippen LogP) is 5.49. The highest BCUT2D eigenvalue weighted by Crippen LogP contribution is 2.37. The molecule has 34 heavy (non-hydrogen) atoms. The summed E-state index contributed by atoms with van der Waals surface area (Å²) in [6, 6.07) is 7.70. The van der Waals surface area contributed by atoms with Crippen LogP contribution in [0.1, 0.15) is 86.7 Å². The minimum atomic E-state index is -3.25. The Labute approximate surface area is 201 Å². The van der Waals surface area contributed by atoms with Crippen LogP contribution in [-0.2, 0) is 21.4 Å². The van der Waals surface area contributed by atoms with E-state index in [0.29, 0.717) is 11.3 Å². The number of sulfonamides is 1. The molecule has 188 valence electrons. The maximum atomic E-state index is 13.7. The van der Waals surface area contributed by atoms with Crippen LogP contribution in [-0.4, -0.2) is 31.2 Å². The lowest BCUT2D eigenvalue weighted by molar-refractivity contribution is 0.0175. The molecule has 1 saturated carbocycles. The Balaban J connectivity index is 1.87. The second kappa shape index (κ2) is 9.41. The van der Waals surface area contributed by atoms with Gasteiger partial charge in [0.15, 0.2) is 0 Å². The molecule has 0 atom stereocenters. The Morgan fingerprint density at radius 2 is 1.68 bits per heavy atom. The maximum absolute atomic E-state index is 13.7. The van der Waals surface area contributed by atoms with E-state index in [1.54, 1.807) is 6.07 Å². The molecule has 0 radical (unpaired) electrons. The number of anilines is 1. The molecule has 1 heterocycles. The maximum Gasteiger partial charge on any atom is 0.270 e. The van der Waals surface area contributed by atoms with Gasteiger partial charge in [-0.3, -0.25) is 4.79 Å². The molecule has 0 spiro atoms. The van der Waals surface area contributed by atoms with Crippen LogP contribution >= 0.6 is 0 Å². The average molecular weight is 496 g/mol. The highest BCUT2D eigenvalue weighted by molar-refractivity contribution is 7.88. The third-order valence-corrected chi connectivity index (χ3v) is 7.14. The molecule has 1 aromatic carbocycles. The number of benzene rings is 1. The van der Waals surface area contributed by atoms with Crippen LogP contribution < -0.4 is 10.0 Å². The Bertz CT molecular complexity index is 1150. The zero-order chi connectivity index (χ0) is 25.5. The molecule has 1 aromatic heterocycles. The summed E-state index contributed by atoms with van der Waals surface area (Å²) in [5.41, 5.74) is 2.28. The van der Waals surface area contributed by atoms with E-state index in [2.05, 4.69) is 35.4 Å². The lowest BCUT2D eigenvalue weighted by Crippen LogP contribution is -2.37. The van der Waals surface area contributed by atoms with Crippen molar-refractivity contribution in [1.82, 2.24) is 9.29 Å². The van der Waals surface area contributed by atoms with Gasteiger partial charge in [0.1, 0.15) is 0 Å². The molecule has 1 fully saturated rings. The summed E-state index contributed by atoms with van der Waals surface area (Å²) in [4.78, 5) is 13.2. The van der Waals surface area contributed by atoms with Crippen molar-refractivity contribution in [2.75, 3.05) is 11.6 Å². The van der Waals surface area contributed by atoms with Gasteiger partial charge in [-0.05, 0) is 50.8 Å². The third kappa shape index (κ3) is 6.24. The molecule has 1 aliphatic rings. The van der Waals surface area contributed by atoms with Crippen molar-refractivity contribution in [3.63, 3.8) is 0 Å². The van der Waals surface area contributed by atoms with Crippen molar-refractivity contribution in [3.8, 4) is 0 Å². The number of aromatic nitrogens is 1. The minimum Gasteiger partial charge on any atom is -0.345 e. The van der Waals surface area contributed by atoms with Crippen molar-refractivity contribution < 1.29 is 22.0 Å². The van der Waals surface area contributed by atoms with E-state index in [0.717, 1.165) is 44.0 Å². The first-order valence-electron chi connectivity index (χ1n) is 11.6. The van der Waals surface area contributed by atoms with Crippen molar-refractivity contribution in [1.29, 1.82) is 0 Å². The van der Waals surface area contributed by atoms with Gasteiger partial charge in [-0.2, -0.15) is 0 Å². The summed E-state index contributed by atoms with van der Waals surface area (Å²) in [5.74, 6) is -3.34. The molecular weight excluding hydrogens is 460 g/mol. The Morgan fingerprint density at radius 1 is 1.06 bits per heavy atom. The number of rotatable bonds is 6. The molecule has 2 aromatic rings. The van der Waals surface area contributed by atoms with Gasteiger partial charge in [0, 0.05) is 47.1 Å². The van der Waals surface area contributed by atoms with Crippen LogP contribution in [0.3, 0.4) is 0 Å². The van der Waals surface area contributed by atoms with Crippen molar-refractivity contribution >= 4 is 21.6 Å². The summed E-state index contributed by atoms with van der Waals surface area (Å²) in [5, 5.41) is 2.78. The van der Waals surface area contributed by atoms with Crippen molar-refractivity contribution in [2.24, 2.45) is 0 Å². The van der Waals surface area contributed by atoms with Gasteiger partial charge in [0.2, 0.25) is 10.0 Å². The molecule has 9 heteroatoms. The first-order valence-corrected chi connectivity index (χ1v) is 13.4. The number of nitrogens with zero attached hydrogens (tertiary/aromatic N) is 1. The minimum absolute atomic E-state index is 0.0769. The van der Waals surface area contributed by atoms with Crippen LogP contribution in [0, 0.1) is 6.92 Å². The fourth-order valence-corrected chi connectivity index (χ4v) is 5.56. The topological polar surface area (TPSA) is 80.2 Å². The van der Waals surface area contributed by atoms with Crippen LogP contribution in [0.5, 0.6) is 0 Å². The summed E-state index contributed by atoms with van der Waals surface area (Å²) < 4.78 is 55.5. The highest BCUT2D eigenvalue weighted by Gasteiger charge is 2.32. The number of halogens is 2. The molecule has 0 bridgehead atoms. The zero-order valence-electron chi connectivity index (χ0n) is 20.7. The number of hydrogen-bond acceptors (Lipinski definition) is 3. The summed E-state index contributed by atoms with van der Waals surface area (Å²) in [6.07, 6.45) is 4.20. The molecule has 0 unspecified atom stereocenters. The van der Waals surface area contributed by atoms with Gasteiger partial charge >= 0.3 is 0 Å². The van der Waals surface area contributed by atoms with Gasteiger partial charge in [-0.1, -0.05) is 32.9 Å². The Morgan fingerprint density at radius 3 is 2.21 bits per heavy atom. The van der Waals surface area contributed by atoms with Crippen molar-refractivity contribution in [2.45, 2.75) is 83.7 Å². The molecule has 1 amide bonds. The van der Waals surface area contributed by atoms with Gasteiger partial charge in [-0.25, -0.2) is 21.9 Å². The predicted molar refractivity (Wildman–Crippen MR) is 131 cm³/mol. The summed E-state index contributed by atoms with van der Waals surface area (Å²) >= 11 is 0. The van der Waals surface area contributed by atoms with E-state index in [9.17, 15) is 22.0 Å². The van der Waals surface area contributed by atoms with Gasteiger partial charge in [0.05, 0.1) is 11.8 Å². The van der Waals surface area contributed by atoms with E-state index in [1.807, 2.05) is 13.0 Å². The van der Waals surface area contributed by atoms with Crippen LogP contribution in [0.2, 0.25) is 0 Å². The van der Waals surface area contributed by atoms with E-state index in [4.69, 9.17) is 0 Å². The lowest BCUT2D eigenvalue weighted by atomic mass is 9.88. The van der Waals surface area contributed by atoms with Crippen molar-refractivity contribution in [3.05, 3.63) is 52.8 Å². The van der Waals surface area contributed by atoms with E-state index in [-0.39, 0.29) is 29.0 Å². The monoisotopic (exact) mass is 495 g/mol. The first-order chi connectivity index (χ1) is 15.6. The highest BCUT2D eigenvalue weighted by atomic mass is 32.2. The Hall–Kier alpha value is -2.26. The van der Waals surface area contributed by atoms with Gasteiger partial charge in [0.25, 0.3) is 11.8 Å². The fourth-order valence-electron chi connectivity index (χ4n) is 4.72. The quantitative estimate of drug-likeness (QED) is 0.556. The summed E-state index contributed by atoms with van der Waals surface area (Å²) in [6.45, 7) is 8.99. The number of carbonyl (C=O) groups excluding carboxylic acids is 1. The molecule has 0 aliphatic heterocycles. The number of carbonyl (C=O) groups is 1. The summed E-state index contributed by atoms with van der Waals surface area (Å²) in [7, 11) is -3.25. The standard InChI is InChI=1S/C25H35F2N3O3S/c1-16-21(23(31)28-19-9-7-8-17(14-19)25(5,26)27)15-22(24(2,3)4)30(16)20-12-10-18(11-13-20)29-34(6,32)33/h7-9,14-15,18,20,29H,10-13H2,1-6H3,(H,28,31). The molecule has 6 nitrogen and oxygen atoms in total. The molecule has 2 N–H and O–H groups in total. The Kier molecular flexibility index (Phi) is 7.30. The van der Waals surface area contributed by atoms with E-state index < -0.39 is 15.9 Å². The molecule has 0 saturated heterocycles. The first kappa shape index (κ1) is 26.3. The van der Waals surface area contributed by atoms with Gasteiger partial charge < -0.3 is 9.88 Å².